The van der Waals surface area contributed by atoms with Crippen molar-refractivity contribution in [3.63, 3.8) is 0 Å². The molecule has 1 atom stereocenters. The van der Waals surface area contributed by atoms with Crippen LogP contribution >= 0.6 is 0 Å². The lowest BCUT2D eigenvalue weighted by Crippen LogP contribution is -2.30. The van der Waals surface area contributed by atoms with Gasteiger partial charge in [0.2, 0.25) is 0 Å². The maximum absolute atomic E-state index is 5.99. The third-order valence-corrected chi connectivity index (χ3v) is 3.45. The Balaban J connectivity index is 2.65. The van der Waals surface area contributed by atoms with Gasteiger partial charge in [-0.2, -0.15) is 0 Å². The van der Waals surface area contributed by atoms with Crippen LogP contribution in [0, 0.1) is 0 Å². The highest BCUT2D eigenvalue weighted by molar-refractivity contribution is 5.47. The fraction of sp³-hybridized carbons (Fsp3) is 0.625. The van der Waals surface area contributed by atoms with Gasteiger partial charge in [0.15, 0.2) is 0 Å². The maximum Gasteiger partial charge on any atom is 0.0637 e. The molecule has 0 fully saturated rings. The van der Waals surface area contributed by atoms with Crippen LogP contribution in [0.25, 0.3) is 0 Å². The number of benzene rings is 1. The minimum atomic E-state index is 0.249. The molecular formula is C16H28N2O2. The van der Waals surface area contributed by atoms with E-state index < -0.39 is 0 Å². The summed E-state index contributed by atoms with van der Waals surface area (Å²) in [5.74, 6) is 0. The Morgan fingerprint density at radius 2 is 1.60 bits per heavy atom. The van der Waals surface area contributed by atoms with Crippen LogP contribution < -0.4 is 10.6 Å². The summed E-state index contributed by atoms with van der Waals surface area (Å²) >= 11 is 0. The van der Waals surface area contributed by atoms with E-state index in [0.29, 0.717) is 13.2 Å². The van der Waals surface area contributed by atoms with Crippen molar-refractivity contribution in [3.05, 3.63) is 29.8 Å². The van der Waals surface area contributed by atoms with Gasteiger partial charge in [0.05, 0.1) is 13.2 Å². The Morgan fingerprint density at radius 3 is 2.05 bits per heavy atom. The van der Waals surface area contributed by atoms with Crippen molar-refractivity contribution < 1.29 is 9.47 Å². The van der Waals surface area contributed by atoms with Gasteiger partial charge in [-0.1, -0.05) is 19.1 Å². The smallest absolute Gasteiger partial charge is 0.0637 e. The van der Waals surface area contributed by atoms with Crippen molar-refractivity contribution in [2.75, 3.05) is 45.4 Å². The molecule has 0 aromatic heterocycles. The number of ether oxygens (including phenoxy) is 2. The lowest BCUT2D eigenvalue weighted by Gasteiger charge is -2.24. The van der Waals surface area contributed by atoms with Crippen molar-refractivity contribution in [2.45, 2.75) is 25.8 Å². The average Bonchev–Trinajstić information content (AvgIpc) is 2.48. The van der Waals surface area contributed by atoms with Crippen molar-refractivity contribution in [2.24, 2.45) is 5.73 Å². The number of anilines is 1. The maximum atomic E-state index is 5.99. The molecule has 1 aromatic rings. The highest BCUT2D eigenvalue weighted by atomic mass is 16.5. The molecule has 0 radical (unpaired) electrons. The summed E-state index contributed by atoms with van der Waals surface area (Å²) in [6.45, 7) is 5.29. The molecule has 0 heterocycles. The van der Waals surface area contributed by atoms with Gasteiger partial charge in [-0.05, 0) is 30.5 Å². The topological polar surface area (TPSA) is 47.7 Å². The van der Waals surface area contributed by atoms with Crippen molar-refractivity contribution >= 4 is 5.69 Å². The zero-order valence-electron chi connectivity index (χ0n) is 13.0. The lowest BCUT2D eigenvalue weighted by molar-refractivity contribution is 0.190. The summed E-state index contributed by atoms with van der Waals surface area (Å²) in [4.78, 5) is 2.27. The molecule has 1 aromatic carbocycles. The molecule has 0 spiro atoms. The second-order valence-electron chi connectivity index (χ2n) is 5.01. The third-order valence-electron chi connectivity index (χ3n) is 3.45. The molecule has 2 N–H and O–H groups in total. The molecule has 1 unspecified atom stereocenters. The van der Waals surface area contributed by atoms with Crippen LogP contribution in [0.15, 0.2) is 24.3 Å². The van der Waals surface area contributed by atoms with Crippen LogP contribution in [0.4, 0.5) is 5.69 Å². The van der Waals surface area contributed by atoms with E-state index in [-0.39, 0.29) is 6.04 Å². The van der Waals surface area contributed by atoms with Gasteiger partial charge in [-0.25, -0.2) is 0 Å². The van der Waals surface area contributed by atoms with Crippen molar-refractivity contribution in [1.82, 2.24) is 0 Å². The SMILES string of the molecule is CCC(N)Cc1ccc(N(CCOC)CCOC)cc1. The van der Waals surface area contributed by atoms with Crippen LogP contribution in [0.2, 0.25) is 0 Å². The summed E-state index contributed by atoms with van der Waals surface area (Å²) in [7, 11) is 3.45. The van der Waals surface area contributed by atoms with Crippen LogP contribution in [0.3, 0.4) is 0 Å². The number of nitrogens with two attached hydrogens (primary N) is 1. The van der Waals surface area contributed by atoms with Crippen LogP contribution in [-0.2, 0) is 15.9 Å². The fourth-order valence-electron chi connectivity index (χ4n) is 2.06. The number of nitrogens with zero attached hydrogens (tertiary/aromatic N) is 1. The number of hydrogen-bond acceptors (Lipinski definition) is 4. The Morgan fingerprint density at radius 1 is 1.05 bits per heavy atom. The first-order valence-corrected chi connectivity index (χ1v) is 7.28. The number of hydrogen-bond donors (Lipinski definition) is 1. The van der Waals surface area contributed by atoms with Gasteiger partial charge in [-0.3, -0.25) is 0 Å². The molecule has 0 bridgehead atoms. The Kier molecular flexibility index (Phi) is 8.26. The highest BCUT2D eigenvalue weighted by Crippen LogP contribution is 2.16. The van der Waals surface area contributed by atoms with Crippen molar-refractivity contribution in [3.8, 4) is 0 Å². The molecule has 0 saturated heterocycles. The van der Waals surface area contributed by atoms with Gasteiger partial charge in [0, 0.05) is 39.0 Å². The zero-order valence-corrected chi connectivity index (χ0v) is 13.0. The monoisotopic (exact) mass is 280 g/mol. The van der Waals surface area contributed by atoms with Gasteiger partial charge < -0.3 is 20.1 Å². The Bertz CT molecular complexity index is 346. The fourth-order valence-corrected chi connectivity index (χ4v) is 2.06. The number of methoxy groups -OCH3 is 2. The molecule has 0 saturated carbocycles. The van der Waals surface area contributed by atoms with Gasteiger partial charge in [0.1, 0.15) is 0 Å². The normalized spacial score (nSPS) is 12.4. The van der Waals surface area contributed by atoms with Crippen LogP contribution in [0.1, 0.15) is 18.9 Å². The predicted molar refractivity (Wildman–Crippen MR) is 84.4 cm³/mol. The second-order valence-corrected chi connectivity index (χ2v) is 5.01. The zero-order chi connectivity index (χ0) is 14.8. The predicted octanol–water partition coefficient (Wildman–Crippen LogP) is 2.07. The number of rotatable bonds is 10. The van der Waals surface area contributed by atoms with E-state index in [0.717, 1.165) is 25.9 Å². The standard InChI is InChI=1S/C16H28N2O2/c1-4-15(17)13-14-5-7-16(8-6-14)18(9-11-19-2)10-12-20-3/h5-8,15H,4,9-13,17H2,1-3H3. The second kappa shape index (κ2) is 9.75. The highest BCUT2D eigenvalue weighted by Gasteiger charge is 2.07. The van der Waals surface area contributed by atoms with E-state index in [1.54, 1.807) is 14.2 Å². The van der Waals surface area contributed by atoms with Gasteiger partial charge >= 0.3 is 0 Å². The summed E-state index contributed by atoms with van der Waals surface area (Å²) in [6, 6.07) is 8.89. The average molecular weight is 280 g/mol. The summed E-state index contributed by atoms with van der Waals surface area (Å²) in [6.07, 6.45) is 1.95. The first-order chi connectivity index (χ1) is 9.71. The third kappa shape index (κ3) is 5.90. The molecule has 0 aliphatic rings. The first kappa shape index (κ1) is 17.0. The molecule has 0 aliphatic carbocycles. The molecule has 1 rings (SSSR count). The van der Waals surface area contributed by atoms with Crippen molar-refractivity contribution in [1.29, 1.82) is 0 Å². The van der Waals surface area contributed by atoms with E-state index in [1.807, 2.05) is 0 Å². The first-order valence-electron chi connectivity index (χ1n) is 7.28. The summed E-state index contributed by atoms with van der Waals surface area (Å²) < 4.78 is 10.3. The molecule has 20 heavy (non-hydrogen) atoms. The van der Waals surface area contributed by atoms with E-state index in [1.165, 1.54) is 11.3 Å². The van der Waals surface area contributed by atoms with Crippen LogP contribution in [-0.4, -0.2) is 46.6 Å². The summed E-state index contributed by atoms with van der Waals surface area (Å²) in [5, 5.41) is 0. The van der Waals surface area contributed by atoms with E-state index >= 15 is 0 Å². The largest absolute Gasteiger partial charge is 0.383 e. The molecular weight excluding hydrogens is 252 g/mol. The Labute approximate surface area is 122 Å². The van der Waals surface area contributed by atoms with E-state index in [2.05, 4.69) is 36.1 Å². The molecule has 4 heteroatoms. The van der Waals surface area contributed by atoms with Gasteiger partial charge in [-0.15, -0.1) is 0 Å². The molecule has 0 amide bonds. The molecule has 4 nitrogen and oxygen atoms in total. The Hall–Kier alpha value is -1.10. The minimum absolute atomic E-state index is 0.249. The van der Waals surface area contributed by atoms with E-state index in [4.69, 9.17) is 15.2 Å². The minimum Gasteiger partial charge on any atom is -0.383 e. The van der Waals surface area contributed by atoms with E-state index in [9.17, 15) is 0 Å². The molecule has 0 aliphatic heterocycles. The quantitative estimate of drug-likeness (QED) is 0.713. The molecule has 114 valence electrons. The lowest BCUT2D eigenvalue weighted by atomic mass is 10.0. The van der Waals surface area contributed by atoms with Crippen LogP contribution in [0.5, 0.6) is 0 Å². The summed E-state index contributed by atoms with van der Waals surface area (Å²) in [5.41, 5.74) is 8.49. The van der Waals surface area contributed by atoms with Gasteiger partial charge in [0.25, 0.3) is 0 Å².